The van der Waals surface area contributed by atoms with E-state index in [1.807, 2.05) is 30.3 Å². The Kier molecular flexibility index (Phi) is 5.18. The molecule has 19 heavy (non-hydrogen) atoms. The van der Waals surface area contributed by atoms with Crippen LogP contribution in [0.4, 0.5) is 0 Å². The third kappa shape index (κ3) is 3.46. The topological polar surface area (TPSA) is 9.23 Å². The third-order valence-electron chi connectivity index (χ3n) is 2.71. The van der Waals surface area contributed by atoms with Crippen LogP contribution < -0.4 is 4.74 Å². The van der Waals surface area contributed by atoms with Gasteiger partial charge in [-0.1, -0.05) is 49.5 Å². The van der Waals surface area contributed by atoms with E-state index in [0.717, 1.165) is 20.1 Å². The molecule has 0 spiro atoms. The lowest BCUT2D eigenvalue weighted by molar-refractivity contribution is 0.414. The molecular weight excluding hydrogens is 415 g/mol. The molecule has 0 saturated carbocycles. The van der Waals surface area contributed by atoms with Gasteiger partial charge in [-0.05, 0) is 41.5 Å². The van der Waals surface area contributed by atoms with Gasteiger partial charge in [-0.15, -0.1) is 11.6 Å². The van der Waals surface area contributed by atoms with Gasteiger partial charge in [0.1, 0.15) is 5.75 Å². The number of halogens is 4. The predicted molar refractivity (Wildman–Crippen MR) is 87.5 cm³/mol. The molecule has 0 saturated heterocycles. The Morgan fingerprint density at radius 1 is 1.05 bits per heavy atom. The van der Waals surface area contributed by atoms with Crippen molar-refractivity contribution in [1.29, 1.82) is 0 Å². The summed E-state index contributed by atoms with van der Waals surface area (Å²) in [6.45, 7) is 0. The number of rotatable bonds is 3. The Labute approximate surface area is 139 Å². The minimum atomic E-state index is -0.328. The van der Waals surface area contributed by atoms with Crippen molar-refractivity contribution < 1.29 is 4.74 Å². The second-order valence-corrected chi connectivity index (χ2v) is 6.53. The summed E-state index contributed by atoms with van der Waals surface area (Å²) in [7, 11) is 1.61. The first kappa shape index (κ1) is 15.2. The lowest BCUT2D eigenvalue weighted by Gasteiger charge is -2.15. The van der Waals surface area contributed by atoms with E-state index in [-0.39, 0.29) is 5.38 Å². The summed E-state index contributed by atoms with van der Waals surface area (Å²) in [4.78, 5) is 0. The van der Waals surface area contributed by atoms with Crippen molar-refractivity contribution in [1.82, 2.24) is 0 Å². The van der Waals surface area contributed by atoms with Gasteiger partial charge in [0.05, 0.1) is 12.5 Å². The van der Waals surface area contributed by atoms with Crippen LogP contribution in [-0.2, 0) is 0 Å². The zero-order valence-corrected chi connectivity index (χ0v) is 14.6. The monoisotopic (exact) mass is 422 g/mol. The van der Waals surface area contributed by atoms with E-state index in [1.54, 1.807) is 13.2 Å². The van der Waals surface area contributed by atoms with Crippen LogP contribution in [0.5, 0.6) is 5.75 Å². The van der Waals surface area contributed by atoms with Crippen molar-refractivity contribution in [2.24, 2.45) is 0 Å². The zero-order valence-electron chi connectivity index (χ0n) is 9.96. The Bertz CT molecular complexity index is 602. The molecule has 0 aliphatic rings. The lowest BCUT2D eigenvalue weighted by Crippen LogP contribution is -1.96. The van der Waals surface area contributed by atoms with Gasteiger partial charge in [0.15, 0.2) is 0 Å². The zero-order chi connectivity index (χ0) is 14.0. The van der Waals surface area contributed by atoms with Gasteiger partial charge >= 0.3 is 0 Å². The molecule has 2 rings (SSSR count). The number of benzene rings is 2. The highest BCUT2D eigenvalue weighted by molar-refractivity contribution is 9.11. The van der Waals surface area contributed by atoms with E-state index >= 15 is 0 Å². The normalized spacial score (nSPS) is 12.3. The van der Waals surface area contributed by atoms with E-state index in [2.05, 4.69) is 31.9 Å². The summed E-state index contributed by atoms with van der Waals surface area (Å²) in [6, 6.07) is 11.4. The maximum atomic E-state index is 6.53. The third-order valence-corrected chi connectivity index (χ3v) is 4.72. The lowest BCUT2D eigenvalue weighted by atomic mass is 10.0. The van der Waals surface area contributed by atoms with Crippen LogP contribution in [0, 0.1) is 0 Å². The van der Waals surface area contributed by atoms with Crippen LogP contribution in [0.15, 0.2) is 45.3 Å². The molecule has 2 aromatic carbocycles. The Balaban J connectivity index is 2.43. The molecule has 0 aromatic heterocycles. The molecule has 0 fully saturated rings. The first-order valence-corrected chi connectivity index (χ1v) is 7.85. The molecule has 1 unspecified atom stereocenters. The Hall–Kier alpha value is -0.220. The number of ether oxygens (including phenoxy) is 1. The number of alkyl halides is 1. The molecule has 0 bridgehead atoms. The quantitative estimate of drug-likeness (QED) is 0.533. The molecule has 0 heterocycles. The van der Waals surface area contributed by atoms with Gasteiger partial charge < -0.3 is 4.74 Å². The van der Waals surface area contributed by atoms with Crippen LogP contribution in [-0.4, -0.2) is 7.11 Å². The van der Waals surface area contributed by atoms with Gasteiger partial charge in [-0.3, -0.25) is 0 Å². The molecule has 2 aromatic rings. The van der Waals surface area contributed by atoms with E-state index < -0.39 is 0 Å². The van der Waals surface area contributed by atoms with Crippen molar-refractivity contribution in [3.05, 3.63) is 61.5 Å². The molecule has 0 radical (unpaired) electrons. The first-order valence-electron chi connectivity index (χ1n) is 5.45. The Morgan fingerprint density at radius 3 is 2.42 bits per heavy atom. The number of methoxy groups -OCH3 is 1. The summed E-state index contributed by atoms with van der Waals surface area (Å²) in [6.07, 6.45) is 0. The van der Waals surface area contributed by atoms with Crippen molar-refractivity contribution in [2.45, 2.75) is 5.38 Å². The SMILES string of the molecule is COc1ccc(C(Cl)c2cc(Br)ccc2Br)c(Cl)c1. The second kappa shape index (κ2) is 6.49. The average Bonchev–Trinajstić information content (AvgIpc) is 2.40. The van der Waals surface area contributed by atoms with Gasteiger partial charge in [-0.2, -0.15) is 0 Å². The summed E-state index contributed by atoms with van der Waals surface area (Å²) in [5.74, 6) is 0.714. The van der Waals surface area contributed by atoms with Crippen molar-refractivity contribution in [3.63, 3.8) is 0 Å². The number of hydrogen-bond acceptors (Lipinski definition) is 1. The molecule has 0 amide bonds. The van der Waals surface area contributed by atoms with E-state index in [0.29, 0.717) is 10.8 Å². The van der Waals surface area contributed by atoms with Crippen LogP contribution in [0.25, 0.3) is 0 Å². The fourth-order valence-electron chi connectivity index (χ4n) is 1.72. The van der Waals surface area contributed by atoms with E-state index in [1.165, 1.54) is 0 Å². The molecule has 0 aliphatic heterocycles. The Morgan fingerprint density at radius 2 is 1.79 bits per heavy atom. The molecule has 0 N–H and O–H groups in total. The largest absolute Gasteiger partial charge is 0.497 e. The average molecular weight is 425 g/mol. The molecule has 1 nitrogen and oxygen atoms in total. The second-order valence-electron chi connectivity index (χ2n) is 3.92. The number of hydrogen-bond donors (Lipinski definition) is 0. The summed E-state index contributed by atoms with van der Waals surface area (Å²) < 4.78 is 7.05. The van der Waals surface area contributed by atoms with Crippen LogP contribution in [0.3, 0.4) is 0 Å². The van der Waals surface area contributed by atoms with Crippen molar-refractivity contribution in [3.8, 4) is 5.75 Å². The summed E-state index contributed by atoms with van der Waals surface area (Å²) in [5.41, 5.74) is 1.81. The molecule has 100 valence electrons. The van der Waals surface area contributed by atoms with Crippen molar-refractivity contribution in [2.75, 3.05) is 7.11 Å². The van der Waals surface area contributed by atoms with Gasteiger partial charge in [-0.25, -0.2) is 0 Å². The van der Waals surface area contributed by atoms with E-state index in [9.17, 15) is 0 Å². The van der Waals surface area contributed by atoms with Crippen LogP contribution in [0.2, 0.25) is 5.02 Å². The maximum absolute atomic E-state index is 6.53. The van der Waals surface area contributed by atoms with Gasteiger partial charge in [0, 0.05) is 14.0 Å². The molecular formula is C14H10Br2Cl2O. The fraction of sp³-hybridized carbons (Fsp3) is 0.143. The minimum absolute atomic E-state index is 0.328. The molecule has 0 aliphatic carbocycles. The van der Waals surface area contributed by atoms with Crippen LogP contribution in [0.1, 0.15) is 16.5 Å². The van der Waals surface area contributed by atoms with Crippen molar-refractivity contribution >= 4 is 55.1 Å². The maximum Gasteiger partial charge on any atom is 0.120 e. The molecule has 1 atom stereocenters. The first-order chi connectivity index (χ1) is 9.02. The summed E-state index contributed by atoms with van der Waals surface area (Å²) in [5, 5.41) is 0.261. The van der Waals surface area contributed by atoms with E-state index in [4.69, 9.17) is 27.9 Å². The summed E-state index contributed by atoms with van der Waals surface area (Å²) >= 11 is 19.7. The minimum Gasteiger partial charge on any atom is -0.497 e. The standard InChI is InChI=1S/C14H10Br2Cl2O/c1-19-9-3-4-10(13(17)7-9)14(18)11-6-8(15)2-5-12(11)16/h2-7,14H,1H3. The van der Waals surface area contributed by atoms with Crippen LogP contribution >= 0.6 is 55.1 Å². The smallest absolute Gasteiger partial charge is 0.120 e. The fourth-order valence-corrected chi connectivity index (χ4v) is 3.41. The van der Waals surface area contributed by atoms with Gasteiger partial charge in [0.25, 0.3) is 0 Å². The highest BCUT2D eigenvalue weighted by Crippen LogP contribution is 2.39. The highest BCUT2D eigenvalue weighted by atomic mass is 79.9. The molecule has 5 heteroatoms. The van der Waals surface area contributed by atoms with Gasteiger partial charge in [0.2, 0.25) is 0 Å². The predicted octanol–water partition coefficient (Wildman–Crippen LogP) is 6.20. The highest BCUT2D eigenvalue weighted by Gasteiger charge is 2.17.